The van der Waals surface area contributed by atoms with Crippen molar-refractivity contribution in [3.63, 3.8) is 0 Å². The number of carbonyl (C=O) groups excluding carboxylic acids is 1. The molecule has 1 aliphatic heterocycles. The smallest absolute Gasteiger partial charge is 0.338 e. The van der Waals surface area contributed by atoms with Crippen molar-refractivity contribution in [1.82, 2.24) is 9.80 Å². The van der Waals surface area contributed by atoms with Crippen molar-refractivity contribution in [3.05, 3.63) is 17.0 Å². The summed E-state index contributed by atoms with van der Waals surface area (Å²) in [6.07, 6.45) is 2.56. The monoisotopic (exact) mass is 295 g/mol. The SMILES string of the molecule is O=C(O)c1ccsc1NC(=O)N1CCN(C2CC2)CC1. The van der Waals surface area contributed by atoms with Gasteiger partial charge in [-0.3, -0.25) is 10.2 Å². The first-order valence-corrected chi connectivity index (χ1v) is 7.64. The Bertz CT molecular complexity index is 519. The number of amides is 2. The van der Waals surface area contributed by atoms with E-state index in [4.69, 9.17) is 5.11 Å². The molecule has 2 amide bonds. The molecule has 2 fully saturated rings. The van der Waals surface area contributed by atoms with E-state index in [2.05, 4.69) is 10.2 Å². The Morgan fingerprint density at radius 2 is 1.95 bits per heavy atom. The Kier molecular flexibility index (Phi) is 3.62. The number of carboxylic acids is 1. The van der Waals surface area contributed by atoms with Crippen molar-refractivity contribution in [2.24, 2.45) is 0 Å². The summed E-state index contributed by atoms with van der Waals surface area (Å²) >= 11 is 1.24. The molecule has 0 bridgehead atoms. The first-order chi connectivity index (χ1) is 9.65. The second kappa shape index (κ2) is 5.41. The van der Waals surface area contributed by atoms with Crippen molar-refractivity contribution in [2.45, 2.75) is 18.9 Å². The first-order valence-electron chi connectivity index (χ1n) is 6.76. The Hall–Kier alpha value is -1.60. The van der Waals surface area contributed by atoms with E-state index in [0.29, 0.717) is 18.1 Å². The number of nitrogens with one attached hydrogen (secondary N) is 1. The van der Waals surface area contributed by atoms with Gasteiger partial charge in [-0.25, -0.2) is 9.59 Å². The minimum atomic E-state index is -1.01. The number of rotatable bonds is 3. The topological polar surface area (TPSA) is 72.9 Å². The van der Waals surface area contributed by atoms with Gasteiger partial charge < -0.3 is 10.0 Å². The number of thiophene rings is 1. The number of urea groups is 1. The zero-order chi connectivity index (χ0) is 14.1. The Balaban J connectivity index is 1.56. The molecule has 0 atom stereocenters. The summed E-state index contributed by atoms with van der Waals surface area (Å²) in [4.78, 5) is 27.3. The molecule has 0 aromatic carbocycles. The lowest BCUT2D eigenvalue weighted by Crippen LogP contribution is -2.50. The fraction of sp³-hybridized carbons (Fsp3) is 0.538. The first kappa shape index (κ1) is 13.4. The third-order valence-corrected chi connectivity index (χ3v) is 4.61. The molecular weight excluding hydrogens is 278 g/mol. The van der Waals surface area contributed by atoms with Crippen LogP contribution in [0.2, 0.25) is 0 Å². The molecule has 1 saturated heterocycles. The van der Waals surface area contributed by atoms with Gasteiger partial charge in [0.2, 0.25) is 0 Å². The van der Waals surface area contributed by atoms with E-state index in [9.17, 15) is 9.59 Å². The van der Waals surface area contributed by atoms with Crippen molar-refractivity contribution >= 4 is 28.3 Å². The van der Waals surface area contributed by atoms with Crippen LogP contribution in [0.1, 0.15) is 23.2 Å². The lowest BCUT2D eigenvalue weighted by Gasteiger charge is -2.34. The van der Waals surface area contributed by atoms with Gasteiger partial charge >= 0.3 is 12.0 Å². The van der Waals surface area contributed by atoms with Crippen LogP contribution in [-0.2, 0) is 0 Å². The molecule has 1 aromatic rings. The van der Waals surface area contributed by atoms with Gasteiger partial charge in [0.1, 0.15) is 5.00 Å². The van der Waals surface area contributed by atoms with Gasteiger partial charge in [-0.15, -0.1) is 11.3 Å². The van der Waals surface area contributed by atoms with Gasteiger partial charge in [0.25, 0.3) is 0 Å². The minimum absolute atomic E-state index is 0.153. The van der Waals surface area contributed by atoms with Crippen molar-refractivity contribution in [1.29, 1.82) is 0 Å². The van der Waals surface area contributed by atoms with Gasteiger partial charge in [0.15, 0.2) is 0 Å². The van der Waals surface area contributed by atoms with Crippen LogP contribution in [0.15, 0.2) is 11.4 Å². The van der Waals surface area contributed by atoms with Crippen molar-refractivity contribution in [3.8, 4) is 0 Å². The molecule has 2 heterocycles. The summed E-state index contributed by atoms with van der Waals surface area (Å²) in [7, 11) is 0. The van der Waals surface area contributed by atoms with Crippen LogP contribution in [0.3, 0.4) is 0 Å². The standard InChI is InChI=1S/C13H17N3O3S/c17-12(18)10-3-8-20-11(10)14-13(19)16-6-4-15(5-7-16)9-1-2-9/h3,8-9H,1-2,4-7H2,(H,14,19)(H,17,18). The summed E-state index contributed by atoms with van der Waals surface area (Å²) in [5.41, 5.74) is 0.153. The molecule has 2 aliphatic rings. The molecule has 108 valence electrons. The van der Waals surface area contributed by atoms with Crippen LogP contribution in [0.5, 0.6) is 0 Å². The molecule has 1 saturated carbocycles. The number of hydrogen-bond acceptors (Lipinski definition) is 4. The third kappa shape index (κ3) is 2.78. The van der Waals surface area contributed by atoms with E-state index in [1.54, 1.807) is 10.3 Å². The summed E-state index contributed by atoms with van der Waals surface area (Å²) in [5.74, 6) is -1.01. The van der Waals surface area contributed by atoms with Gasteiger partial charge in [-0.1, -0.05) is 0 Å². The van der Waals surface area contributed by atoms with E-state index in [1.807, 2.05) is 0 Å². The van der Waals surface area contributed by atoms with Crippen molar-refractivity contribution in [2.75, 3.05) is 31.5 Å². The zero-order valence-corrected chi connectivity index (χ0v) is 11.9. The number of carbonyl (C=O) groups is 2. The summed E-state index contributed by atoms with van der Waals surface area (Å²) in [6, 6.07) is 2.04. The van der Waals surface area contributed by atoms with Crippen LogP contribution in [-0.4, -0.2) is 59.1 Å². The molecule has 3 rings (SSSR count). The lowest BCUT2D eigenvalue weighted by molar-refractivity contribution is 0.0698. The third-order valence-electron chi connectivity index (χ3n) is 3.78. The van der Waals surface area contributed by atoms with E-state index in [0.717, 1.165) is 19.1 Å². The van der Waals surface area contributed by atoms with Gasteiger partial charge in [-0.05, 0) is 24.3 Å². The molecule has 1 aliphatic carbocycles. The van der Waals surface area contributed by atoms with Gasteiger partial charge in [-0.2, -0.15) is 0 Å². The fourth-order valence-electron chi connectivity index (χ4n) is 2.48. The van der Waals surface area contributed by atoms with Gasteiger partial charge in [0.05, 0.1) is 5.56 Å². The number of aromatic carboxylic acids is 1. The average molecular weight is 295 g/mol. The highest BCUT2D eigenvalue weighted by molar-refractivity contribution is 7.14. The van der Waals surface area contributed by atoms with Crippen LogP contribution < -0.4 is 5.32 Å². The second-order valence-electron chi connectivity index (χ2n) is 5.15. The van der Waals surface area contributed by atoms with Crippen LogP contribution >= 0.6 is 11.3 Å². The Morgan fingerprint density at radius 1 is 1.25 bits per heavy atom. The van der Waals surface area contributed by atoms with E-state index in [-0.39, 0.29) is 11.6 Å². The zero-order valence-electron chi connectivity index (χ0n) is 11.0. The molecule has 1 aromatic heterocycles. The molecule has 0 spiro atoms. The number of anilines is 1. The normalized spacial score (nSPS) is 19.9. The largest absolute Gasteiger partial charge is 0.478 e. The second-order valence-corrected chi connectivity index (χ2v) is 6.07. The van der Waals surface area contributed by atoms with Crippen molar-refractivity contribution < 1.29 is 14.7 Å². The number of nitrogens with zero attached hydrogens (tertiary/aromatic N) is 2. The molecule has 0 radical (unpaired) electrons. The lowest BCUT2D eigenvalue weighted by atomic mass is 10.3. The fourth-order valence-corrected chi connectivity index (χ4v) is 3.25. The highest BCUT2D eigenvalue weighted by atomic mass is 32.1. The number of hydrogen-bond donors (Lipinski definition) is 2. The Labute approximate surface area is 121 Å². The minimum Gasteiger partial charge on any atom is -0.478 e. The molecular formula is C13H17N3O3S. The maximum atomic E-state index is 12.1. The number of carboxylic acid groups (broad SMARTS) is 1. The van der Waals surface area contributed by atoms with Crippen LogP contribution in [0.4, 0.5) is 9.80 Å². The van der Waals surface area contributed by atoms with E-state index < -0.39 is 5.97 Å². The van der Waals surface area contributed by atoms with Gasteiger partial charge in [0, 0.05) is 32.2 Å². The highest BCUT2D eigenvalue weighted by Crippen LogP contribution is 2.28. The molecule has 2 N–H and O–H groups in total. The average Bonchev–Trinajstić information content (AvgIpc) is 3.19. The van der Waals surface area contributed by atoms with E-state index >= 15 is 0 Å². The quantitative estimate of drug-likeness (QED) is 0.891. The summed E-state index contributed by atoms with van der Waals surface area (Å²) in [5, 5.41) is 13.8. The predicted octanol–water partition coefficient (Wildman–Crippen LogP) is 1.76. The summed E-state index contributed by atoms with van der Waals surface area (Å²) in [6.45, 7) is 3.23. The maximum absolute atomic E-state index is 12.1. The molecule has 6 nitrogen and oxygen atoms in total. The number of piperazine rings is 1. The van der Waals surface area contributed by atoms with Crippen LogP contribution in [0, 0.1) is 0 Å². The van der Waals surface area contributed by atoms with E-state index in [1.165, 1.54) is 30.2 Å². The van der Waals surface area contributed by atoms with Crippen LogP contribution in [0.25, 0.3) is 0 Å². The molecule has 20 heavy (non-hydrogen) atoms. The Morgan fingerprint density at radius 3 is 2.55 bits per heavy atom. The molecule has 0 unspecified atom stereocenters. The molecule has 7 heteroatoms. The summed E-state index contributed by atoms with van der Waals surface area (Å²) < 4.78 is 0. The maximum Gasteiger partial charge on any atom is 0.338 e. The predicted molar refractivity (Wildman–Crippen MR) is 76.5 cm³/mol. The highest BCUT2D eigenvalue weighted by Gasteiger charge is 2.32.